The molecule has 0 radical (unpaired) electrons. The zero-order valence-corrected chi connectivity index (χ0v) is 17.8. The van der Waals surface area contributed by atoms with Gasteiger partial charge in [0.05, 0.1) is 21.8 Å². The molecule has 148 valence electrons. The number of carbonyl (C=O) groups excluding carboxylic acids is 1. The number of aromatic nitrogens is 2. The van der Waals surface area contributed by atoms with Gasteiger partial charge in [-0.15, -0.1) is 22.7 Å². The molecule has 3 aromatic heterocycles. The summed E-state index contributed by atoms with van der Waals surface area (Å²) in [6.45, 7) is 0. The smallest absolute Gasteiger partial charge is 0.226 e. The van der Waals surface area contributed by atoms with E-state index in [-0.39, 0.29) is 24.6 Å². The molecule has 10 heteroatoms. The van der Waals surface area contributed by atoms with Gasteiger partial charge in [0.2, 0.25) is 5.91 Å². The number of thiazole rings is 1. The zero-order chi connectivity index (χ0) is 20.4. The molecule has 5 nitrogen and oxygen atoms in total. The number of nitrogens with one attached hydrogen (secondary N) is 1. The van der Waals surface area contributed by atoms with Crippen LogP contribution in [0.5, 0.6) is 0 Å². The summed E-state index contributed by atoms with van der Waals surface area (Å²) in [7, 11) is 0. The Balaban J connectivity index is 1.35. The maximum atomic E-state index is 13.8. The normalized spacial score (nSPS) is 11.0. The van der Waals surface area contributed by atoms with Crippen molar-refractivity contribution in [3.8, 4) is 22.6 Å². The lowest BCUT2D eigenvalue weighted by Gasteiger charge is -2.00. The average molecular weight is 468 g/mol. The van der Waals surface area contributed by atoms with Crippen LogP contribution in [0.3, 0.4) is 0 Å². The van der Waals surface area contributed by atoms with E-state index in [1.807, 2.05) is 0 Å². The third-order valence-electron chi connectivity index (χ3n) is 3.94. The molecule has 1 aromatic carbocycles. The molecule has 0 fully saturated rings. The van der Waals surface area contributed by atoms with E-state index < -0.39 is 0 Å². The standard InChI is InChI=1S/C19H12Cl2FN3O2S2/c20-15-7-11(18(21)29-15)13-9-28-19(24-13)25-16(26)5-6-17-23-8-14(27-17)10-3-1-2-4-12(10)22/h1-4,7-9H,5-6H2,(H,24,25,26). The Morgan fingerprint density at radius 3 is 2.83 bits per heavy atom. The Morgan fingerprint density at radius 1 is 1.24 bits per heavy atom. The van der Waals surface area contributed by atoms with Gasteiger partial charge in [-0.1, -0.05) is 35.3 Å². The molecule has 0 saturated heterocycles. The number of oxazole rings is 1. The van der Waals surface area contributed by atoms with Gasteiger partial charge in [0.15, 0.2) is 16.8 Å². The molecule has 0 saturated carbocycles. The van der Waals surface area contributed by atoms with Crippen molar-refractivity contribution in [2.45, 2.75) is 12.8 Å². The number of rotatable bonds is 6. The molecule has 1 N–H and O–H groups in total. The number of amides is 1. The molecule has 1 amide bonds. The molecule has 0 bridgehead atoms. The SMILES string of the molecule is O=C(CCc1ncc(-c2ccccc2F)o1)Nc1nc(-c2cc(Cl)sc2Cl)cs1. The Hall–Kier alpha value is -2.26. The minimum Gasteiger partial charge on any atom is -0.441 e. The van der Waals surface area contributed by atoms with E-state index in [0.717, 1.165) is 5.56 Å². The third kappa shape index (κ3) is 4.67. The molecule has 0 aliphatic rings. The highest BCUT2D eigenvalue weighted by Gasteiger charge is 2.15. The molecule has 3 heterocycles. The first-order chi connectivity index (χ1) is 14.0. The largest absolute Gasteiger partial charge is 0.441 e. The fraction of sp³-hybridized carbons (Fsp3) is 0.105. The molecular formula is C19H12Cl2FN3O2S2. The van der Waals surface area contributed by atoms with Gasteiger partial charge in [-0.3, -0.25) is 4.79 Å². The number of nitrogens with zero attached hydrogens (tertiary/aromatic N) is 2. The number of hydrogen-bond donors (Lipinski definition) is 1. The topological polar surface area (TPSA) is 68.0 Å². The Labute approximate surface area is 183 Å². The van der Waals surface area contributed by atoms with E-state index in [1.165, 1.54) is 34.9 Å². The monoisotopic (exact) mass is 467 g/mol. The summed E-state index contributed by atoms with van der Waals surface area (Å²) in [4.78, 5) is 20.7. The Kier molecular flexibility index (Phi) is 5.96. The fourth-order valence-corrected chi connectivity index (χ4v) is 4.79. The molecule has 29 heavy (non-hydrogen) atoms. The molecule has 0 aliphatic carbocycles. The number of anilines is 1. The van der Waals surface area contributed by atoms with Gasteiger partial charge in [0.1, 0.15) is 10.2 Å². The summed E-state index contributed by atoms with van der Waals surface area (Å²) < 4.78 is 20.5. The van der Waals surface area contributed by atoms with E-state index in [1.54, 1.807) is 29.6 Å². The fourth-order valence-electron chi connectivity index (χ4n) is 2.58. The van der Waals surface area contributed by atoms with Crippen LogP contribution >= 0.6 is 45.9 Å². The Bertz CT molecular complexity index is 1170. The predicted molar refractivity (Wildman–Crippen MR) is 114 cm³/mol. The van der Waals surface area contributed by atoms with Crippen molar-refractivity contribution in [3.63, 3.8) is 0 Å². The average Bonchev–Trinajstić information content (AvgIpc) is 3.41. The minimum atomic E-state index is -0.389. The van der Waals surface area contributed by atoms with Crippen molar-refractivity contribution >= 4 is 56.9 Å². The highest BCUT2D eigenvalue weighted by molar-refractivity contribution is 7.20. The van der Waals surface area contributed by atoms with Gasteiger partial charge in [-0.2, -0.15) is 0 Å². The number of halogens is 3. The first-order valence-electron chi connectivity index (χ1n) is 8.40. The number of carbonyl (C=O) groups is 1. The summed E-state index contributed by atoms with van der Waals surface area (Å²) in [5.41, 5.74) is 1.72. The lowest BCUT2D eigenvalue weighted by molar-refractivity contribution is -0.116. The van der Waals surface area contributed by atoms with E-state index in [0.29, 0.717) is 36.7 Å². The van der Waals surface area contributed by atoms with Crippen LogP contribution in [0.1, 0.15) is 12.3 Å². The van der Waals surface area contributed by atoms with Crippen molar-refractivity contribution in [1.29, 1.82) is 0 Å². The van der Waals surface area contributed by atoms with Crippen LogP contribution in [0.25, 0.3) is 22.6 Å². The lowest BCUT2D eigenvalue weighted by Crippen LogP contribution is -2.12. The van der Waals surface area contributed by atoms with E-state index in [4.69, 9.17) is 27.6 Å². The van der Waals surface area contributed by atoms with Crippen LogP contribution in [0.4, 0.5) is 9.52 Å². The quantitative estimate of drug-likeness (QED) is 0.349. The van der Waals surface area contributed by atoms with Crippen LogP contribution in [-0.4, -0.2) is 15.9 Å². The summed E-state index contributed by atoms with van der Waals surface area (Å²) in [5, 5.41) is 5.00. The van der Waals surface area contributed by atoms with Crippen LogP contribution in [0, 0.1) is 5.82 Å². The van der Waals surface area contributed by atoms with Gasteiger partial charge >= 0.3 is 0 Å². The van der Waals surface area contributed by atoms with Crippen molar-refractivity contribution in [2.75, 3.05) is 5.32 Å². The molecule has 4 aromatic rings. The van der Waals surface area contributed by atoms with Crippen molar-refractivity contribution in [2.24, 2.45) is 0 Å². The van der Waals surface area contributed by atoms with Crippen molar-refractivity contribution in [1.82, 2.24) is 9.97 Å². The maximum absolute atomic E-state index is 13.8. The molecule has 4 rings (SSSR count). The number of benzene rings is 1. The van der Waals surface area contributed by atoms with Crippen LogP contribution in [0.2, 0.25) is 8.67 Å². The molecule has 0 aliphatic heterocycles. The summed E-state index contributed by atoms with van der Waals surface area (Å²) >= 11 is 14.7. The van der Waals surface area contributed by atoms with E-state index in [2.05, 4.69) is 15.3 Å². The summed E-state index contributed by atoms with van der Waals surface area (Å²) in [6.07, 6.45) is 1.89. The van der Waals surface area contributed by atoms with Crippen molar-refractivity contribution < 1.29 is 13.6 Å². The minimum absolute atomic E-state index is 0.150. The van der Waals surface area contributed by atoms with Gasteiger partial charge < -0.3 is 9.73 Å². The maximum Gasteiger partial charge on any atom is 0.226 e. The Morgan fingerprint density at radius 2 is 2.07 bits per heavy atom. The zero-order valence-electron chi connectivity index (χ0n) is 14.6. The summed E-state index contributed by atoms with van der Waals surface area (Å²) in [6, 6.07) is 8.02. The second-order valence-electron chi connectivity index (χ2n) is 5.92. The van der Waals surface area contributed by atoms with E-state index in [9.17, 15) is 9.18 Å². The van der Waals surface area contributed by atoms with E-state index >= 15 is 0 Å². The van der Waals surface area contributed by atoms with Gasteiger partial charge in [-0.05, 0) is 18.2 Å². The second-order valence-corrected chi connectivity index (χ2v) is 9.07. The van der Waals surface area contributed by atoms with Crippen molar-refractivity contribution in [3.05, 3.63) is 62.3 Å². The number of aryl methyl sites for hydroxylation is 1. The van der Waals surface area contributed by atoms with Crippen LogP contribution < -0.4 is 5.32 Å². The van der Waals surface area contributed by atoms with Gasteiger partial charge in [0.25, 0.3) is 0 Å². The van der Waals surface area contributed by atoms with Gasteiger partial charge in [-0.25, -0.2) is 14.4 Å². The predicted octanol–water partition coefficient (Wildman–Crippen LogP) is 6.54. The van der Waals surface area contributed by atoms with Gasteiger partial charge in [0, 0.05) is 23.8 Å². The first kappa shape index (κ1) is 20.0. The molecule has 0 atom stereocenters. The summed E-state index contributed by atoms with van der Waals surface area (Å²) in [5.74, 6) is 0.0674. The molecule has 0 unspecified atom stereocenters. The first-order valence-corrected chi connectivity index (χ1v) is 10.8. The molecule has 0 spiro atoms. The van der Waals surface area contributed by atoms with Crippen LogP contribution in [0.15, 0.2) is 46.3 Å². The highest BCUT2D eigenvalue weighted by Crippen LogP contribution is 2.39. The third-order valence-corrected chi connectivity index (χ3v) is 6.19. The highest BCUT2D eigenvalue weighted by atomic mass is 35.5. The number of thiophene rings is 1. The number of hydrogen-bond acceptors (Lipinski definition) is 6. The van der Waals surface area contributed by atoms with Crippen LogP contribution in [-0.2, 0) is 11.2 Å². The second kappa shape index (κ2) is 8.62. The lowest BCUT2D eigenvalue weighted by atomic mass is 10.2. The molecular weight excluding hydrogens is 456 g/mol.